The second-order valence-corrected chi connectivity index (χ2v) is 4.89. The van der Waals surface area contributed by atoms with Gasteiger partial charge in [-0.25, -0.2) is 0 Å². The van der Waals surface area contributed by atoms with Gasteiger partial charge in [0.15, 0.2) is 5.92 Å². The van der Waals surface area contributed by atoms with E-state index >= 15 is 0 Å². The standard InChI is InChI=1S/C14H13N3O2S/c1-19-14(18)12(8-17)10-4-3-5-11(10)13(20-2)9(6-15)7-16/h12H,3-5H2,1-2H3/t12-/m0/s1. The molecule has 0 saturated heterocycles. The van der Waals surface area contributed by atoms with Gasteiger partial charge in [0, 0.05) is 4.91 Å². The van der Waals surface area contributed by atoms with Crippen molar-refractivity contribution in [2.45, 2.75) is 19.3 Å². The molecule has 0 bridgehead atoms. The zero-order valence-corrected chi connectivity index (χ0v) is 12.1. The molecule has 0 heterocycles. The van der Waals surface area contributed by atoms with Crippen molar-refractivity contribution in [1.82, 2.24) is 0 Å². The van der Waals surface area contributed by atoms with Gasteiger partial charge in [0.1, 0.15) is 17.7 Å². The summed E-state index contributed by atoms with van der Waals surface area (Å²) in [5.41, 5.74) is 1.47. The number of hydrogen-bond donors (Lipinski definition) is 0. The van der Waals surface area contributed by atoms with E-state index in [4.69, 9.17) is 10.5 Å². The van der Waals surface area contributed by atoms with Gasteiger partial charge in [-0.2, -0.15) is 15.8 Å². The Labute approximate surface area is 122 Å². The fraction of sp³-hybridized carbons (Fsp3) is 0.429. The van der Waals surface area contributed by atoms with Gasteiger partial charge in [0.25, 0.3) is 0 Å². The van der Waals surface area contributed by atoms with E-state index in [1.165, 1.54) is 18.9 Å². The Morgan fingerprint density at radius 3 is 2.40 bits per heavy atom. The van der Waals surface area contributed by atoms with Gasteiger partial charge in [-0.15, -0.1) is 11.8 Å². The van der Waals surface area contributed by atoms with Crippen molar-refractivity contribution in [3.63, 3.8) is 0 Å². The van der Waals surface area contributed by atoms with E-state index in [2.05, 4.69) is 4.74 Å². The molecule has 0 radical (unpaired) electrons. The van der Waals surface area contributed by atoms with Crippen molar-refractivity contribution in [2.75, 3.05) is 13.4 Å². The van der Waals surface area contributed by atoms with Crippen LogP contribution in [0.3, 0.4) is 0 Å². The third-order valence-corrected chi connectivity index (χ3v) is 3.96. The zero-order chi connectivity index (χ0) is 15.1. The predicted molar refractivity (Wildman–Crippen MR) is 73.8 cm³/mol. The molecule has 1 aliphatic rings. The van der Waals surface area contributed by atoms with Crippen molar-refractivity contribution >= 4 is 17.7 Å². The number of rotatable bonds is 4. The maximum Gasteiger partial charge on any atom is 0.327 e. The summed E-state index contributed by atoms with van der Waals surface area (Å²) in [6, 6.07) is 5.68. The fourth-order valence-corrected chi connectivity index (χ4v) is 3.01. The molecule has 0 unspecified atom stereocenters. The highest BCUT2D eigenvalue weighted by atomic mass is 32.2. The van der Waals surface area contributed by atoms with Crippen LogP contribution in [0.4, 0.5) is 0 Å². The second kappa shape index (κ2) is 7.38. The number of nitriles is 3. The van der Waals surface area contributed by atoms with Crippen LogP contribution in [-0.2, 0) is 9.53 Å². The van der Waals surface area contributed by atoms with Crippen LogP contribution in [0.5, 0.6) is 0 Å². The molecule has 0 spiro atoms. The average molecular weight is 287 g/mol. The maximum atomic E-state index is 11.7. The Balaban J connectivity index is 3.41. The number of allylic oxidation sites excluding steroid dienone is 2. The van der Waals surface area contributed by atoms with Gasteiger partial charge < -0.3 is 4.74 Å². The first-order valence-electron chi connectivity index (χ1n) is 5.92. The van der Waals surface area contributed by atoms with Gasteiger partial charge >= 0.3 is 5.97 Å². The molecule has 1 aliphatic carbocycles. The van der Waals surface area contributed by atoms with Gasteiger partial charge in [0.2, 0.25) is 0 Å². The molecule has 6 heteroatoms. The van der Waals surface area contributed by atoms with Crippen molar-refractivity contribution in [2.24, 2.45) is 5.92 Å². The van der Waals surface area contributed by atoms with Crippen LogP contribution in [0.2, 0.25) is 0 Å². The minimum atomic E-state index is -0.960. The van der Waals surface area contributed by atoms with Crippen molar-refractivity contribution < 1.29 is 9.53 Å². The number of esters is 1. The van der Waals surface area contributed by atoms with Gasteiger partial charge in [-0.3, -0.25) is 4.79 Å². The number of ether oxygens (including phenoxy) is 1. The predicted octanol–water partition coefficient (Wildman–Crippen LogP) is 2.44. The van der Waals surface area contributed by atoms with Gasteiger partial charge in [-0.05, 0) is 36.7 Å². The largest absolute Gasteiger partial charge is 0.468 e. The Bertz CT molecular complexity index is 583. The van der Waals surface area contributed by atoms with E-state index in [0.717, 1.165) is 12.0 Å². The number of thioether (sulfide) groups is 1. The molecular weight excluding hydrogens is 274 g/mol. The minimum Gasteiger partial charge on any atom is -0.468 e. The smallest absolute Gasteiger partial charge is 0.327 e. The summed E-state index contributed by atoms with van der Waals surface area (Å²) in [5, 5.41) is 27.2. The molecular formula is C14H13N3O2S. The van der Waals surface area contributed by atoms with Crippen LogP contribution in [0.15, 0.2) is 21.6 Å². The van der Waals surface area contributed by atoms with E-state index in [1.54, 1.807) is 6.26 Å². The van der Waals surface area contributed by atoms with Crippen LogP contribution in [0, 0.1) is 39.9 Å². The number of hydrogen-bond acceptors (Lipinski definition) is 6. The van der Waals surface area contributed by atoms with Crippen LogP contribution < -0.4 is 0 Å². The molecule has 0 aromatic carbocycles. The van der Waals surface area contributed by atoms with Crippen molar-refractivity contribution in [3.05, 3.63) is 21.6 Å². The molecule has 0 amide bonds. The van der Waals surface area contributed by atoms with Gasteiger partial charge in [-0.1, -0.05) is 0 Å². The van der Waals surface area contributed by atoms with E-state index in [1.807, 2.05) is 18.2 Å². The Kier molecular flexibility index (Phi) is 5.84. The number of nitrogens with zero attached hydrogens (tertiary/aromatic N) is 3. The highest BCUT2D eigenvalue weighted by Gasteiger charge is 2.31. The highest BCUT2D eigenvalue weighted by Crippen LogP contribution is 2.40. The summed E-state index contributed by atoms with van der Waals surface area (Å²) < 4.78 is 4.64. The zero-order valence-electron chi connectivity index (χ0n) is 11.3. The highest BCUT2D eigenvalue weighted by molar-refractivity contribution is 8.02. The van der Waals surface area contributed by atoms with Crippen molar-refractivity contribution in [1.29, 1.82) is 15.8 Å². The molecule has 0 aliphatic heterocycles. The third kappa shape index (κ3) is 3.02. The van der Waals surface area contributed by atoms with Crippen LogP contribution in [-0.4, -0.2) is 19.3 Å². The Morgan fingerprint density at radius 1 is 1.30 bits per heavy atom. The number of methoxy groups -OCH3 is 1. The fourth-order valence-electron chi connectivity index (χ4n) is 2.24. The molecule has 0 saturated carbocycles. The van der Waals surface area contributed by atoms with Crippen LogP contribution >= 0.6 is 11.8 Å². The summed E-state index contributed by atoms with van der Waals surface area (Å²) in [7, 11) is 1.24. The minimum absolute atomic E-state index is 0.0217. The molecule has 102 valence electrons. The summed E-state index contributed by atoms with van der Waals surface area (Å²) >= 11 is 1.29. The van der Waals surface area contributed by atoms with Crippen LogP contribution in [0.25, 0.3) is 0 Å². The molecule has 5 nitrogen and oxygen atoms in total. The lowest BCUT2D eigenvalue weighted by Gasteiger charge is -2.13. The number of carbonyl (C=O) groups is 1. The van der Waals surface area contributed by atoms with Gasteiger partial charge in [0.05, 0.1) is 13.2 Å². The Morgan fingerprint density at radius 2 is 1.95 bits per heavy atom. The normalized spacial score (nSPS) is 14.8. The third-order valence-electron chi connectivity index (χ3n) is 3.10. The summed E-state index contributed by atoms with van der Waals surface area (Å²) in [4.78, 5) is 12.2. The quantitative estimate of drug-likeness (QED) is 0.582. The lowest BCUT2D eigenvalue weighted by Crippen LogP contribution is -2.17. The number of carbonyl (C=O) groups excluding carboxylic acids is 1. The molecule has 1 rings (SSSR count). The first-order valence-corrected chi connectivity index (χ1v) is 7.15. The van der Waals surface area contributed by atoms with E-state index in [0.29, 0.717) is 23.3 Å². The summed E-state index contributed by atoms with van der Waals surface area (Å²) in [5.74, 6) is -1.56. The topological polar surface area (TPSA) is 97.7 Å². The molecule has 0 aromatic heterocycles. The van der Waals surface area contributed by atoms with E-state index in [9.17, 15) is 10.1 Å². The SMILES string of the molecule is COC(=O)[C@@H](C#N)C1=C(C(SC)=C(C#N)C#N)CCC1. The van der Waals surface area contributed by atoms with E-state index < -0.39 is 11.9 Å². The lowest BCUT2D eigenvalue weighted by molar-refractivity contribution is -0.142. The summed E-state index contributed by atoms with van der Waals surface area (Å²) in [6.07, 6.45) is 3.84. The first kappa shape index (κ1) is 15.8. The molecule has 0 N–H and O–H groups in total. The Hall–Kier alpha value is -2.23. The lowest BCUT2D eigenvalue weighted by atomic mass is 9.96. The molecule has 0 aromatic rings. The van der Waals surface area contributed by atoms with Crippen LogP contribution in [0.1, 0.15) is 19.3 Å². The molecule has 0 fully saturated rings. The first-order chi connectivity index (χ1) is 9.64. The maximum absolute atomic E-state index is 11.7. The second-order valence-electron chi connectivity index (χ2n) is 4.07. The average Bonchev–Trinajstić information content (AvgIpc) is 2.94. The van der Waals surface area contributed by atoms with Crippen molar-refractivity contribution in [3.8, 4) is 18.2 Å². The monoisotopic (exact) mass is 287 g/mol. The van der Waals surface area contributed by atoms with E-state index in [-0.39, 0.29) is 5.57 Å². The molecule has 20 heavy (non-hydrogen) atoms. The molecule has 1 atom stereocenters. The summed E-state index contributed by atoms with van der Waals surface area (Å²) in [6.45, 7) is 0.